The van der Waals surface area contributed by atoms with Gasteiger partial charge in [0.15, 0.2) is 5.78 Å². The van der Waals surface area contributed by atoms with E-state index >= 15 is 0 Å². The first-order valence-electron chi connectivity index (χ1n) is 8.79. The van der Waals surface area contributed by atoms with Gasteiger partial charge in [-0.2, -0.15) is 0 Å². The fraction of sp³-hybridized carbons (Fsp3) is 0.381. The summed E-state index contributed by atoms with van der Waals surface area (Å²) in [4.78, 5) is 14.9. The summed E-state index contributed by atoms with van der Waals surface area (Å²) in [7, 11) is 0. The fourth-order valence-electron chi connectivity index (χ4n) is 3.17. The van der Waals surface area contributed by atoms with Crippen LogP contribution in [0.3, 0.4) is 0 Å². The molecule has 2 aromatic carbocycles. The van der Waals surface area contributed by atoms with Gasteiger partial charge in [-0.1, -0.05) is 36.8 Å². The van der Waals surface area contributed by atoms with E-state index in [0.29, 0.717) is 6.61 Å². The Morgan fingerprint density at radius 1 is 1.00 bits per heavy atom. The van der Waals surface area contributed by atoms with Crippen molar-refractivity contribution in [2.45, 2.75) is 38.8 Å². The molecule has 3 rings (SSSR count). The average Bonchev–Trinajstić information content (AvgIpc) is 2.67. The number of hydrogen-bond acceptors (Lipinski definition) is 3. The van der Waals surface area contributed by atoms with Gasteiger partial charge in [0.2, 0.25) is 0 Å². The molecule has 24 heavy (non-hydrogen) atoms. The molecule has 1 aliphatic heterocycles. The minimum absolute atomic E-state index is 0.0404. The average molecular weight is 323 g/mol. The lowest BCUT2D eigenvalue weighted by atomic mass is 10.0. The molecule has 1 fully saturated rings. The number of ether oxygens (including phenoxy) is 1. The largest absolute Gasteiger partial charge is 0.489 e. The standard InChI is InChI=1S/C21H25NO2/c1-17(22-14-6-3-7-15-22)21(23)19-10-12-20(13-11-19)24-16-18-8-4-2-5-9-18/h2,4-5,8-13,17H,3,6-7,14-16H2,1H3. The van der Waals surface area contributed by atoms with Crippen LogP contribution in [0.1, 0.15) is 42.1 Å². The first kappa shape index (κ1) is 16.7. The van der Waals surface area contributed by atoms with Crippen LogP contribution < -0.4 is 4.74 Å². The molecule has 2 aromatic rings. The van der Waals surface area contributed by atoms with Crippen molar-refractivity contribution in [3.63, 3.8) is 0 Å². The number of piperidine rings is 1. The molecule has 0 N–H and O–H groups in total. The van der Waals surface area contributed by atoms with Crippen LogP contribution in [-0.2, 0) is 6.61 Å². The van der Waals surface area contributed by atoms with Crippen molar-refractivity contribution in [1.29, 1.82) is 0 Å². The number of carbonyl (C=O) groups is 1. The molecule has 1 heterocycles. The number of Topliss-reactive ketones (excluding diaryl/α,β-unsaturated/α-hetero) is 1. The summed E-state index contributed by atoms with van der Waals surface area (Å²) in [5, 5.41) is 0. The van der Waals surface area contributed by atoms with E-state index in [-0.39, 0.29) is 11.8 Å². The van der Waals surface area contributed by atoms with Gasteiger partial charge in [0.1, 0.15) is 12.4 Å². The van der Waals surface area contributed by atoms with E-state index in [1.54, 1.807) is 0 Å². The second-order valence-corrected chi connectivity index (χ2v) is 6.44. The number of nitrogens with zero attached hydrogens (tertiary/aromatic N) is 1. The quantitative estimate of drug-likeness (QED) is 0.741. The Labute approximate surface area is 144 Å². The minimum atomic E-state index is -0.0404. The van der Waals surface area contributed by atoms with Crippen LogP contribution in [0.2, 0.25) is 0 Å². The first-order valence-corrected chi connectivity index (χ1v) is 8.79. The second kappa shape index (κ2) is 8.11. The van der Waals surface area contributed by atoms with Crippen LogP contribution in [0.4, 0.5) is 0 Å². The molecule has 1 atom stereocenters. The lowest BCUT2D eigenvalue weighted by Crippen LogP contribution is -2.42. The Kier molecular flexibility index (Phi) is 5.65. The van der Waals surface area contributed by atoms with Crippen LogP contribution in [0.5, 0.6) is 5.75 Å². The summed E-state index contributed by atoms with van der Waals surface area (Å²) in [6.07, 6.45) is 3.68. The summed E-state index contributed by atoms with van der Waals surface area (Å²) in [6.45, 7) is 4.63. The summed E-state index contributed by atoms with van der Waals surface area (Å²) in [6, 6.07) is 17.6. The van der Waals surface area contributed by atoms with Gasteiger partial charge in [-0.05, 0) is 62.7 Å². The maximum Gasteiger partial charge on any atom is 0.179 e. The monoisotopic (exact) mass is 323 g/mol. The van der Waals surface area contributed by atoms with Crippen molar-refractivity contribution in [3.8, 4) is 5.75 Å². The predicted molar refractivity (Wildman–Crippen MR) is 96.4 cm³/mol. The highest BCUT2D eigenvalue weighted by Crippen LogP contribution is 2.18. The topological polar surface area (TPSA) is 29.5 Å². The van der Waals surface area contributed by atoms with Crippen LogP contribution in [-0.4, -0.2) is 29.8 Å². The summed E-state index contributed by atoms with van der Waals surface area (Å²) in [5.41, 5.74) is 1.90. The molecule has 0 bridgehead atoms. The minimum Gasteiger partial charge on any atom is -0.489 e. The SMILES string of the molecule is CC(C(=O)c1ccc(OCc2ccccc2)cc1)N1CCCCC1. The van der Waals surface area contributed by atoms with Gasteiger partial charge in [0.05, 0.1) is 6.04 Å². The van der Waals surface area contributed by atoms with E-state index in [0.717, 1.165) is 30.0 Å². The Bertz CT molecular complexity index is 645. The van der Waals surface area contributed by atoms with Gasteiger partial charge < -0.3 is 4.74 Å². The zero-order valence-corrected chi connectivity index (χ0v) is 14.3. The first-order chi connectivity index (χ1) is 11.7. The molecule has 0 amide bonds. The maximum absolute atomic E-state index is 12.7. The normalized spacial score (nSPS) is 16.5. The number of hydrogen-bond donors (Lipinski definition) is 0. The van der Waals surface area contributed by atoms with E-state index in [9.17, 15) is 4.79 Å². The van der Waals surface area contributed by atoms with Crippen LogP contribution in [0.25, 0.3) is 0 Å². The molecule has 0 saturated carbocycles. The molecule has 1 unspecified atom stereocenters. The fourth-order valence-corrected chi connectivity index (χ4v) is 3.17. The molecule has 1 aliphatic rings. The molecule has 126 valence electrons. The third-order valence-electron chi connectivity index (χ3n) is 4.70. The van der Waals surface area contributed by atoms with E-state index in [1.807, 2.05) is 61.5 Å². The van der Waals surface area contributed by atoms with E-state index in [1.165, 1.54) is 19.3 Å². The van der Waals surface area contributed by atoms with Gasteiger partial charge in [0.25, 0.3) is 0 Å². The number of rotatable bonds is 6. The molecule has 3 heteroatoms. The van der Waals surface area contributed by atoms with Gasteiger partial charge >= 0.3 is 0 Å². The second-order valence-electron chi connectivity index (χ2n) is 6.44. The Balaban J connectivity index is 1.58. The summed E-state index contributed by atoms with van der Waals surface area (Å²) >= 11 is 0. The van der Waals surface area contributed by atoms with Gasteiger partial charge in [0, 0.05) is 5.56 Å². The molecule has 1 saturated heterocycles. The van der Waals surface area contributed by atoms with Gasteiger partial charge in [-0.15, -0.1) is 0 Å². The molecule has 0 spiro atoms. The van der Waals surface area contributed by atoms with E-state index in [4.69, 9.17) is 4.74 Å². The van der Waals surface area contributed by atoms with Crippen molar-refractivity contribution in [3.05, 3.63) is 65.7 Å². The highest BCUT2D eigenvalue weighted by Gasteiger charge is 2.23. The van der Waals surface area contributed by atoms with Crippen molar-refractivity contribution in [1.82, 2.24) is 4.90 Å². The molecule has 3 nitrogen and oxygen atoms in total. The highest BCUT2D eigenvalue weighted by molar-refractivity contribution is 5.99. The van der Waals surface area contributed by atoms with E-state index < -0.39 is 0 Å². The number of likely N-dealkylation sites (tertiary alicyclic amines) is 1. The smallest absolute Gasteiger partial charge is 0.179 e. The molecular weight excluding hydrogens is 298 g/mol. The Morgan fingerprint density at radius 3 is 2.33 bits per heavy atom. The van der Waals surface area contributed by atoms with E-state index in [2.05, 4.69) is 4.90 Å². The van der Waals surface area contributed by atoms with Gasteiger partial charge in [-0.3, -0.25) is 9.69 Å². The molecular formula is C21H25NO2. The molecule has 0 radical (unpaired) electrons. The van der Waals surface area contributed by atoms with Crippen LogP contribution in [0, 0.1) is 0 Å². The number of benzene rings is 2. The molecule has 0 aliphatic carbocycles. The summed E-state index contributed by atoms with van der Waals surface area (Å²) < 4.78 is 5.78. The van der Waals surface area contributed by atoms with Crippen molar-refractivity contribution in [2.75, 3.05) is 13.1 Å². The number of ketones is 1. The lowest BCUT2D eigenvalue weighted by molar-refractivity contribution is 0.0809. The zero-order chi connectivity index (χ0) is 16.8. The van der Waals surface area contributed by atoms with Crippen LogP contribution in [0.15, 0.2) is 54.6 Å². The van der Waals surface area contributed by atoms with Crippen molar-refractivity contribution >= 4 is 5.78 Å². The Morgan fingerprint density at radius 2 is 1.67 bits per heavy atom. The third kappa shape index (κ3) is 4.24. The third-order valence-corrected chi connectivity index (χ3v) is 4.70. The zero-order valence-electron chi connectivity index (χ0n) is 14.3. The predicted octanol–water partition coefficient (Wildman–Crippen LogP) is 4.32. The summed E-state index contributed by atoms with van der Waals surface area (Å²) in [5.74, 6) is 0.993. The van der Waals surface area contributed by atoms with Crippen LogP contribution >= 0.6 is 0 Å². The van der Waals surface area contributed by atoms with Crippen molar-refractivity contribution < 1.29 is 9.53 Å². The Hall–Kier alpha value is -2.13. The lowest BCUT2D eigenvalue weighted by Gasteiger charge is -2.31. The highest BCUT2D eigenvalue weighted by atomic mass is 16.5. The molecule has 0 aromatic heterocycles. The van der Waals surface area contributed by atoms with Crippen molar-refractivity contribution in [2.24, 2.45) is 0 Å². The maximum atomic E-state index is 12.7. The van der Waals surface area contributed by atoms with Gasteiger partial charge in [-0.25, -0.2) is 0 Å². The number of carbonyl (C=O) groups excluding carboxylic acids is 1.